The molecule has 5 heterocycles. The van der Waals surface area contributed by atoms with E-state index in [9.17, 15) is 19.1 Å². The van der Waals surface area contributed by atoms with E-state index in [1.165, 1.54) is 18.2 Å². The fourth-order valence-corrected chi connectivity index (χ4v) is 8.30. The second-order valence-corrected chi connectivity index (χ2v) is 13.8. The largest absolute Gasteiger partial charge is 0.461 e. The Bertz CT molecular complexity index is 1880. The van der Waals surface area contributed by atoms with Gasteiger partial charge in [-0.2, -0.15) is 15.2 Å². The normalized spacial score (nSPS) is 25.5. The molecule has 1 unspecified atom stereocenters. The molecule has 236 valence electrons. The fourth-order valence-electron chi connectivity index (χ4n) is 7.05. The Balaban J connectivity index is 1.41. The van der Waals surface area contributed by atoms with Crippen LogP contribution in [-0.2, 0) is 4.74 Å². The molecule has 3 N–H and O–H groups in total. The number of nitrogen functional groups attached to an aromatic ring is 1. The zero-order valence-corrected chi connectivity index (χ0v) is 26.0. The lowest BCUT2D eigenvalue weighted by Crippen LogP contribution is -2.44. The predicted molar refractivity (Wildman–Crippen MR) is 167 cm³/mol. The predicted octanol–water partition coefficient (Wildman–Crippen LogP) is 5.44. The maximum absolute atomic E-state index is 16.9. The van der Waals surface area contributed by atoms with Gasteiger partial charge in [-0.25, -0.2) is 13.2 Å². The van der Waals surface area contributed by atoms with Crippen molar-refractivity contribution >= 4 is 54.7 Å². The number of ether oxygens (including phenoxy) is 2. The SMILES string of the molecule is CC1(O)COCCN(c2nc(OC[C@@]34CCCN3C[C@H](F)C4)nc3c(F)c(-c4ccc(F)c5sc(N)c(C#N)c45)c(Cl)cc23)C1. The van der Waals surface area contributed by atoms with Crippen LogP contribution < -0.4 is 15.4 Å². The highest BCUT2D eigenvalue weighted by atomic mass is 35.5. The second-order valence-electron chi connectivity index (χ2n) is 12.4. The van der Waals surface area contributed by atoms with Crippen LogP contribution >= 0.6 is 22.9 Å². The van der Waals surface area contributed by atoms with E-state index in [1.807, 2.05) is 6.07 Å². The number of β-amino-alcohol motifs (C(OH)–C–C–N with tert-alkyl or cyclic N) is 1. The molecule has 45 heavy (non-hydrogen) atoms. The lowest BCUT2D eigenvalue weighted by molar-refractivity contribution is -0.0123. The number of fused-ring (bicyclic) bond motifs is 3. The number of aromatic nitrogens is 2. The van der Waals surface area contributed by atoms with Crippen molar-refractivity contribution in [3.63, 3.8) is 0 Å². The van der Waals surface area contributed by atoms with Crippen molar-refractivity contribution in [1.82, 2.24) is 14.9 Å². The first kappa shape index (κ1) is 30.3. The van der Waals surface area contributed by atoms with Crippen molar-refractivity contribution in [2.45, 2.75) is 43.5 Å². The summed E-state index contributed by atoms with van der Waals surface area (Å²) in [4.78, 5) is 13.0. The average molecular weight is 659 g/mol. The summed E-state index contributed by atoms with van der Waals surface area (Å²) in [6.07, 6.45) is 1.06. The molecule has 2 aromatic heterocycles. The number of aliphatic hydroxyl groups is 1. The number of hydrogen-bond donors (Lipinski definition) is 2. The van der Waals surface area contributed by atoms with E-state index in [1.54, 1.807) is 11.8 Å². The first-order valence-corrected chi connectivity index (χ1v) is 15.9. The standard InChI is InChI=1S/C31H30ClF3N6O3S/c1-30(42)13-40(7-8-43-14-30)28-18-9-20(32)23(17-3-4-21(34)26-22(17)19(11-36)27(37)45-26)24(35)25(18)38-29(39-28)44-15-31-5-2-6-41(31)12-16(33)10-31/h3-4,9,16,42H,2,5-8,10,12-15,37H2,1H3/t16-,30?,31+/m1/s1. The molecule has 2 aromatic carbocycles. The lowest BCUT2D eigenvalue weighted by Gasteiger charge is -2.31. The van der Waals surface area contributed by atoms with Gasteiger partial charge in [0.2, 0.25) is 0 Å². The molecule has 7 rings (SSSR count). The third-order valence-corrected chi connectivity index (χ3v) is 10.3. The summed E-state index contributed by atoms with van der Waals surface area (Å²) < 4.78 is 58.0. The lowest BCUT2D eigenvalue weighted by atomic mass is 9.95. The number of benzene rings is 2. The van der Waals surface area contributed by atoms with Crippen molar-refractivity contribution in [3.8, 4) is 23.2 Å². The average Bonchev–Trinajstić information content (AvgIpc) is 3.59. The molecular formula is C31H30ClF3N6O3S. The maximum Gasteiger partial charge on any atom is 0.319 e. The Kier molecular flexibility index (Phi) is 7.49. The third kappa shape index (κ3) is 5.13. The molecule has 0 amide bonds. The molecule has 0 spiro atoms. The van der Waals surface area contributed by atoms with Crippen LogP contribution in [0.2, 0.25) is 5.02 Å². The highest BCUT2D eigenvalue weighted by molar-refractivity contribution is 7.23. The molecule has 0 saturated carbocycles. The topological polar surface area (TPSA) is 121 Å². The first-order chi connectivity index (χ1) is 21.5. The summed E-state index contributed by atoms with van der Waals surface area (Å²) in [6, 6.07) is 5.96. The number of nitriles is 1. The van der Waals surface area contributed by atoms with E-state index in [0.29, 0.717) is 19.5 Å². The molecule has 14 heteroatoms. The van der Waals surface area contributed by atoms with Crippen LogP contribution in [0.3, 0.4) is 0 Å². The van der Waals surface area contributed by atoms with Crippen LogP contribution in [0, 0.1) is 23.0 Å². The first-order valence-electron chi connectivity index (χ1n) is 14.7. The number of nitrogens with two attached hydrogens (primary N) is 1. The number of nitrogens with zero attached hydrogens (tertiary/aromatic N) is 5. The Labute approximate surface area is 265 Å². The van der Waals surface area contributed by atoms with Gasteiger partial charge >= 0.3 is 6.01 Å². The second kappa shape index (κ2) is 11.1. The van der Waals surface area contributed by atoms with Gasteiger partial charge in [0, 0.05) is 35.8 Å². The zero-order valence-electron chi connectivity index (χ0n) is 24.4. The van der Waals surface area contributed by atoms with Crippen molar-refractivity contribution in [2.24, 2.45) is 0 Å². The smallest absolute Gasteiger partial charge is 0.319 e. The van der Waals surface area contributed by atoms with Gasteiger partial charge in [-0.05, 0) is 44.0 Å². The van der Waals surface area contributed by atoms with E-state index in [4.69, 9.17) is 26.8 Å². The highest BCUT2D eigenvalue weighted by Crippen LogP contribution is 2.46. The van der Waals surface area contributed by atoms with Crippen molar-refractivity contribution in [3.05, 3.63) is 40.4 Å². The molecule has 0 radical (unpaired) electrons. The number of alkyl halides is 1. The molecule has 3 aliphatic heterocycles. The van der Waals surface area contributed by atoms with Crippen molar-refractivity contribution < 1.29 is 27.8 Å². The molecule has 0 bridgehead atoms. The van der Waals surface area contributed by atoms with Crippen LogP contribution in [-0.4, -0.2) is 83.3 Å². The van der Waals surface area contributed by atoms with Gasteiger partial charge < -0.3 is 25.2 Å². The summed E-state index contributed by atoms with van der Waals surface area (Å²) in [6.45, 7) is 3.72. The molecule has 3 saturated heterocycles. The Morgan fingerprint density at radius 3 is 2.93 bits per heavy atom. The zero-order chi connectivity index (χ0) is 31.7. The van der Waals surface area contributed by atoms with E-state index >= 15 is 4.39 Å². The van der Waals surface area contributed by atoms with Gasteiger partial charge in [0.05, 0.1) is 40.6 Å². The minimum atomic E-state index is -1.23. The molecule has 3 atom stereocenters. The van der Waals surface area contributed by atoms with Crippen LogP contribution in [0.1, 0.15) is 31.7 Å². The number of rotatable bonds is 5. The highest BCUT2D eigenvalue weighted by Gasteiger charge is 2.49. The van der Waals surface area contributed by atoms with E-state index in [2.05, 4.69) is 14.9 Å². The van der Waals surface area contributed by atoms with Gasteiger partial charge in [0.1, 0.15) is 46.6 Å². The van der Waals surface area contributed by atoms with Crippen LogP contribution in [0.15, 0.2) is 18.2 Å². The number of thiophene rings is 1. The quantitative estimate of drug-likeness (QED) is 0.289. The van der Waals surface area contributed by atoms with Gasteiger partial charge in [-0.1, -0.05) is 17.7 Å². The minimum absolute atomic E-state index is 0.0154. The molecule has 9 nitrogen and oxygen atoms in total. The number of hydrogen-bond acceptors (Lipinski definition) is 10. The third-order valence-electron chi connectivity index (χ3n) is 9.02. The van der Waals surface area contributed by atoms with E-state index in [-0.39, 0.29) is 85.9 Å². The molecule has 0 aliphatic carbocycles. The Morgan fingerprint density at radius 2 is 2.13 bits per heavy atom. The van der Waals surface area contributed by atoms with Gasteiger partial charge in [0.25, 0.3) is 0 Å². The van der Waals surface area contributed by atoms with E-state index < -0.39 is 28.9 Å². The number of anilines is 2. The molecule has 3 aliphatic rings. The summed E-state index contributed by atoms with van der Waals surface area (Å²) in [5, 5.41) is 21.3. The summed E-state index contributed by atoms with van der Waals surface area (Å²) in [5.74, 6) is -1.14. The Hall–Kier alpha value is -3.41. The van der Waals surface area contributed by atoms with E-state index in [0.717, 1.165) is 30.7 Å². The summed E-state index contributed by atoms with van der Waals surface area (Å²) in [7, 11) is 0. The van der Waals surface area contributed by atoms with Gasteiger partial charge in [-0.15, -0.1) is 11.3 Å². The van der Waals surface area contributed by atoms with Crippen LogP contribution in [0.25, 0.3) is 32.1 Å². The van der Waals surface area contributed by atoms with Gasteiger partial charge in [0.15, 0.2) is 5.82 Å². The maximum atomic E-state index is 16.9. The monoisotopic (exact) mass is 658 g/mol. The van der Waals surface area contributed by atoms with Crippen molar-refractivity contribution in [1.29, 1.82) is 5.26 Å². The Morgan fingerprint density at radius 1 is 1.31 bits per heavy atom. The summed E-state index contributed by atoms with van der Waals surface area (Å²) >= 11 is 7.68. The fraction of sp³-hybridized carbons (Fsp3) is 0.452. The van der Waals surface area contributed by atoms with Crippen LogP contribution in [0.4, 0.5) is 24.0 Å². The number of halogens is 4. The molecule has 3 fully saturated rings. The molecule has 4 aromatic rings. The molecular weight excluding hydrogens is 629 g/mol. The summed E-state index contributed by atoms with van der Waals surface area (Å²) in [5.41, 5.74) is 4.34. The minimum Gasteiger partial charge on any atom is -0.461 e. The van der Waals surface area contributed by atoms with Crippen molar-refractivity contribution in [2.75, 3.05) is 56.6 Å². The van der Waals surface area contributed by atoms with Crippen LogP contribution in [0.5, 0.6) is 6.01 Å². The van der Waals surface area contributed by atoms with Gasteiger partial charge in [-0.3, -0.25) is 4.90 Å².